The maximum atomic E-state index is 11.9. The maximum Gasteiger partial charge on any atom is 0.358 e. The minimum atomic E-state index is -0.593. The third-order valence-corrected chi connectivity index (χ3v) is 4.03. The molecule has 0 bridgehead atoms. The van der Waals surface area contributed by atoms with Gasteiger partial charge in [0.2, 0.25) is 5.95 Å². The van der Waals surface area contributed by atoms with E-state index in [1.54, 1.807) is 11.7 Å². The molecule has 0 saturated carbocycles. The van der Waals surface area contributed by atoms with Crippen molar-refractivity contribution < 1.29 is 19.1 Å². The number of nitrogen functional groups attached to an aromatic ring is 1. The number of nitrogens with two attached hydrogens (primary N) is 1. The highest BCUT2D eigenvalue weighted by Gasteiger charge is 2.29. The standard InChI is InChI=1S/C15H18N6O4/c1-20-10-4-5-21(7-8(10)12(19-20)14(23)25-3)15-17-9(13(22)24-2)6-11(16)18-15/h6H,4-5,7H2,1-3H3,(H2,16,17,18). The van der Waals surface area contributed by atoms with Crippen molar-refractivity contribution >= 4 is 23.7 Å². The summed E-state index contributed by atoms with van der Waals surface area (Å²) in [6.07, 6.45) is 0.640. The number of nitrogens with zero attached hydrogens (tertiary/aromatic N) is 5. The zero-order valence-electron chi connectivity index (χ0n) is 14.1. The number of hydrogen-bond donors (Lipinski definition) is 1. The number of methoxy groups -OCH3 is 2. The lowest BCUT2D eigenvalue weighted by Crippen LogP contribution is -2.33. The molecule has 2 aromatic heterocycles. The van der Waals surface area contributed by atoms with E-state index >= 15 is 0 Å². The van der Waals surface area contributed by atoms with Gasteiger partial charge in [-0.2, -0.15) is 10.1 Å². The fourth-order valence-corrected chi connectivity index (χ4v) is 2.83. The molecule has 0 spiro atoms. The number of aromatic nitrogens is 4. The Bertz CT molecular complexity index is 847. The fraction of sp³-hybridized carbons (Fsp3) is 0.400. The van der Waals surface area contributed by atoms with Crippen LogP contribution in [0.3, 0.4) is 0 Å². The van der Waals surface area contributed by atoms with E-state index in [1.807, 2.05) is 4.90 Å². The summed E-state index contributed by atoms with van der Waals surface area (Å²) in [5.74, 6) is -0.631. The molecule has 25 heavy (non-hydrogen) atoms. The summed E-state index contributed by atoms with van der Waals surface area (Å²) in [4.78, 5) is 33.9. The lowest BCUT2D eigenvalue weighted by molar-refractivity contribution is 0.0584. The smallest absolute Gasteiger partial charge is 0.358 e. The molecule has 0 aromatic carbocycles. The normalized spacial score (nSPS) is 13.3. The lowest BCUT2D eigenvalue weighted by atomic mass is 10.1. The van der Waals surface area contributed by atoms with Crippen LogP contribution in [0, 0.1) is 0 Å². The second kappa shape index (κ2) is 6.38. The SMILES string of the molecule is COC(=O)c1cc(N)nc(N2CCc3c(c(C(=O)OC)nn3C)C2)n1. The molecule has 2 N–H and O–H groups in total. The molecule has 0 amide bonds. The average molecular weight is 346 g/mol. The van der Waals surface area contributed by atoms with E-state index in [-0.39, 0.29) is 17.2 Å². The summed E-state index contributed by atoms with van der Waals surface area (Å²) >= 11 is 0. The molecule has 0 fully saturated rings. The number of carbonyl (C=O) groups excluding carboxylic acids is 2. The second-order valence-electron chi connectivity index (χ2n) is 5.53. The van der Waals surface area contributed by atoms with Crippen molar-refractivity contribution in [1.82, 2.24) is 19.7 Å². The van der Waals surface area contributed by atoms with Gasteiger partial charge in [0.1, 0.15) is 5.82 Å². The van der Waals surface area contributed by atoms with E-state index in [1.165, 1.54) is 20.3 Å². The predicted molar refractivity (Wildman–Crippen MR) is 87.1 cm³/mol. The van der Waals surface area contributed by atoms with Gasteiger partial charge in [0.25, 0.3) is 0 Å². The highest BCUT2D eigenvalue weighted by atomic mass is 16.5. The lowest BCUT2D eigenvalue weighted by Gasteiger charge is -2.27. The van der Waals surface area contributed by atoms with Crippen molar-refractivity contribution in [2.24, 2.45) is 7.05 Å². The fourth-order valence-electron chi connectivity index (χ4n) is 2.83. The monoisotopic (exact) mass is 346 g/mol. The summed E-state index contributed by atoms with van der Waals surface area (Å²) in [6, 6.07) is 1.36. The highest BCUT2D eigenvalue weighted by Crippen LogP contribution is 2.25. The van der Waals surface area contributed by atoms with Crippen LogP contribution in [0.4, 0.5) is 11.8 Å². The summed E-state index contributed by atoms with van der Waals surface area (Å²) in [6.45, 7) is 0.953. The molecule has 2 aromatic rings. The van der Waals surface area contributed by atoms with Crippen molar-refractivity contribution in [3.8, 4) is 0 Å². The molecule has 1 aliphatic heterocycles. The van der Waals surface area contributed by atoms with Crippen LogP contribution in [0.5, 0.6) is 0 Å². The van der Waals surface area contributed by atoms with Gasteiger partial charge in [-0.05, 0) is 0 Å². The van der Waals surface area contributed by atoms with Crippen molar-refractivity contribution in [1.29, 1.82) is 0 Å². The van der Waals surface area contributed by atoms with E-state index in [0.29, 0.717) is 25.5 Å². The number of esters is 2. The van der Waals surface area contributed by atoms with Gasteiger partial charge in [0, 0.05) is 37.3 Å². The van der Waals surface area contributed by atoms with Crippen molar-refractivity contribution in [3.63, 3.8) is 0 Å². The zero-order valence-corrected chi connectivity index (χ0v) is 14.1. The van der Waals surface area contributed by atoms with Gasteiger partial charge in [-0.25, -0.2) is 14.6 Å². The van der Waals surface area contributed by atoms with Crippen LogP contribution in [0.1, 0.15) is 32.2 Å². The van der Waals surface area contributed by atoms with Crippen LogP contribution in [0.25, 0.3) is 0 Å². The van der Waals surface area contributed by atoms with E-state index in [2.05, 4.69) is 19.8 Å². The van der Waals surface area contributed by atoms with Gasteiger partial charge < -0.3 is 20.1 Å². The first kappa shape index (κ1) is 16.7. The van der Waals surface area contributed by atoms with Crippen LogP contribution in [0.15, 0.2) is 6.07 Å². The summed E-state index contributed by atoms with van der Waals surface area (Å²) < 4.78 is 11.2. The van der Waals surface area contributed by atoms with E-state index in [0.717, 1.165) is 11.3 Å². The Labute approximate surface area is 143 Å². The number of ether oxygens (including phenoxy) is 2. The van der Waals surface area contributed by atoms with E-state index in [4.69, 9.17) is 10.5 Å². The number of aryl methyl sites for hydroxylation is 1. The molecule has 1 aliphatic rings. The Morgan fingerprint density at radius 2 is 1.92 bits per heavy atom. The molecule has 0 unspecified atom stereocenters. The molecule has 3 heterocycles. The molecule has 0 aliphatic carbocycles. The molecule has 0 saturated heterocycles. The predicted octanol–water partition coefficient (Wildman–Crippen LogP) is -0.0718. The molecule has 10 heteroatoms. The maximum absolute atomic E-state index is 11.9. The molecule has 0 radical (unpaired) electrons. The Kier molecular flexibility index (Phi) is 4.26. The zero-order chi connectivity index (χ0) is 18.1. The Morgan fingerprint density at radius 3 is 2.60 bits per heavy atom. The number of carbonyl (C=O) groups is 2. The molecular weight excluding hydrogens is 328 g/mol. The number of hydrogen-bond acceptors (Lipinski definition) is 9. The number of fused-ring (bicyclic) bond motifs is 1. The van der Waals surface area contributed by atoms with Gasteiger partial charge in [0.15, 0.2) is 11.4 Å². The van der Waals surface area contributed by atoms with Gasteiger partial charge >= 0.3 is 11.9 Å². The van der Waals surface area contributed by atoms with E-state index < -0.39 is 11.9 Å². The Balaban J connectivity index is 1.97. The van der Waals surface area contributed by atoms with Gasteiger partial charge in [-0.15, -0.1) is 0 Å². The highest BCUT2D eigenvalue weighted by molar-refractivity contribution is 5.89. The summed E-state index contributed by atoms with van der Waals surface area (Å²) in [7, 11) is 4.37. The molecule has 10 nitrogen and oxygen atoms in total. The van der Waals surface area contributed by atoms with Gasteiger partial charge in [-0.1, -0.05) is 0 Å². The third kappa shape index (κ3) is 2.97. The van der Waals surface area contributed by atoms with Crippen molar-refractivity contribution in [2.75, 3.05) is 31.4 Å². The minimum Gasteiger partial charge on any atom is -0.464 e. The van der Waals surface area contributed by atoms with Crippen LogP contribution in [0.2, 0.25) is 0 Å². The van der Waals surface area contributed by atoms with Gasteiger partial charge in [0.05, 0.1) is 20.8 Å². The third-order valence-electron chi connectivity index (χ3n) is 4.03. The summed E-state index contributed by atoms with van der Waals surface area (Å²) in [5, 5.41) is 4.24. The second-order valence-corrected chi connectivity index (χ2v) is 5.53. The van der Waals surface area contributed by atoms with Crippen molar-refractivity contribution in [3.05, 3.63) is 28.7 Å². The first-order chi connectivity index (χ1) is 11.9. The van der Waals surface area contributed by atoms with Gasteiger partial charge in [-0.3, -0.25) is 4.68 Å². The number of rotatable bonds is 3. The Morgan fingerprint density at radius 1 is 1.20 bits per heavy atom. The Hall–Kier alpha value is -3.17. The minimum absolute atomic E-state index is 0.0789. The molecular formula is C15H18N6O4. The van der Waals surface area contributed by atoms with E-state index in [9.17, 15) is 9.59 Å². The van der Waals surface area contributed by atoms with Crippen LogP contribution in [-0.4, -0.2) is 52.5 Å². The summed E-state index contributed by atoms with van der Waals surface area (Å²) in [5.41, 5.74) is 7.83. The quantitative estimate of drug-likeness (QED) is 0.760. The first-order valence-electron chi connectivity index (χ1n) is 7.55. The number of anilines is 2. The van der Waals surface area contributed by atoms with Crippen LogP contribution >= 0.6 is 0 Å². The molecule has 3 rings (SSSR count). The first-order valence-corrected chi connectivity index (χ1v) is 7.55. The largest absolute Gasteiger partial charge is 0.464 e. The molecule has 132 valence electrons. The van der Waals surface area contributed by atoms with Crippen molar-refractivity contribution in [2.45, 2.75) is 13.0 Å². The average Bonchev–Trinajstić information content (AvgIpc) is 2.96. The van der Waals surface area contributed by atoms with Crippen LogP contribution < -0.4 is 10.6 Å². The molecule has 0 atom stereocenters. The van der Waals surface area contributed by atoms with Crippen LogP contribution in [-0.2, 0) is 29.5 Å². The topological polar surface area (TPSA) is 125 Å².